The van der Waals surface area contributed by atoms with Gasteiger partial charge in [-0.25, -0.2) is 4.39 Å². The van der Waals surface area contributed by atoms with Crippen molar-refractivity contribution in [1.29, 1.82) is 0 Å². The van der Waals surface area contributed by atoms with Crippen LogP contribution < -0.4 is 4.57 Å². The van der Waals surface area contributed by atoms with Gasteiger partial charge in [-0.2, -0.15) is 4.57 Å². The lowest BCUT2D eigenvalue weighted by molar-refractivity contribution is -0.749. The fourth-order valence-electron chi connectivity index (χ4n) is 5.35. The van der Waals surface area contributed by atoms with Crippen LogP contribution in [0.2, 0.25) is 0 Å². The largest absolute Gasteiger partial charge is 0.381 e. The smallest absolute Gasteiger partial charge is 0.313 e. The first-order chi connectivity index (χ1) is 16.3. The van der Waals surface area contributed by atoms with E-state index in [0.29, 0.717) is 30.0 Å². The maximum atomic E-state index is 13.9. The summed E-state index contributed by atoms with van der Waals surface area (Å²) in [5.41, 5.74) is 1.99. The van der Waals surface area contributed by atoms with Gasteiger partial charge in [0.15, 0.2) is 6.20 Å². The Hall–Kier alpha value is -3.33. The molecule has 9 heteroatoms. The Morgan fingerprint density at radius 3 is 2.60 bits per heavy atom. The van der Waals surface area contributed by atoms with Crippen molar-refractivity contribution in [3.05, 3.63) is 53.1 Å². The van der Waals surface area contributed by atoms with Crippen molar-refractivity contribution in [2.75, 3.05) is 19.6 Å². The standard InChI is InChI=1S/C26H31FN5O3/c1-15(2)18-12-20(17-7-8-19(27)16(3)11-17)28-31-13-21-23(33)30-10-9-29(24(34)25(4,5)35)14-26(30,6)32(21)22(18)31/h7-8,11-13,15,35H,9-10,14H2,1-6H3/q+1. The molecule has 1 aromatic carbocycles. The highest BCUT2D eigenvalue weighted by molar-refractivity contribution is 5.93. The summed E-state index contributed by atoms with van der Waals surface area (Å²) in [5.74, 6) is -0.630. The van der Waals surface area contributed by atoms with Crippen molar-refractivity contribution in [3.8, 4) is 11.3 Å². The maximum Gasteiger partial charge on any atom is 0.313 e. The van der Waals surface area contributed by atoms with E-state index >= 15 is 0 Å². The number of benzene rings is 1. The van der Waals surface area contributed by atoms with Crippen molar-refractivity contribution in [1.82, 2.24) is 19.4 Å². The van der Waals surface area contributed by atoms with Gasteiger partial charge in [0.2, 0.25) is 11.4 Å². The topological polar surface area (TPSA) is 82.0 Å². The van der Waals surface area contributed by atoms with Crippen LogP contribution in [-0.4, -0.2) is 61.6 Å². The quantitative estimate of drug-likeness (QED) is 0.585. The number of carbonyl (C=O) groups excluding carboxylic acids is 2. The first-order valence-electron chi connectivity index (χ1n) is 11.9. The molecule has 1 saturated heterocycles. The number of nitrogens with zero attached hydrogens (tertiary/aromatic N) is 5. The summed E-state index contributed by atoms with van der Waals surface area (Å²) in [6, 6.07) is 6.92. The van der Waals surface area contributed by atoms with E-state index in [1.165, 1.54) is 19.9 Å². The first-order valence-corrected chi connectivity index (χ1v) is 11.9. The number of carbonyl (C=O) groups is 2. The number of rotatable bonds is 3. The summed E-state index contributed by atoms with van der Waals surface area (Å²) in [4.78, 5) is 29.8. The van der Waals surface area contributed by atoms with Crippen LogP contribution in [0.3, 0.4) is 0 Å². The fraction of sp³-hybridized carbons (Fsp3) is 0.462. The minimum absolute atomic E-state index is 0.109. The summed E-state index contributed by atoms with van der Waals surface area (Å²) >= 11 is 0. The van der Waals surface area contributed by atoms with Crippen LogP contribution in [0.25, 0.3) is 16.9 Å². The van der Waals surface area contributed by atoms with E-state index in [1.807, 2.05) is 17.6 Å². The number of imidazole rings is 1. The zero-order valence-electron chi connectivity index (χ0n) is 21.0. The van der Waals surface area contributed by atoms with Crippen LogP contribution in [0.5, 0.6) is 0 Å². The Labute approximate surface area is 203 Å². The molecule has 8 nitrogen and oxygen atoms in total. The summed E-state index contributed by atoms with van der Waals surface area (Å²) in [7, 11) is 0. The van der Waals surface area contributed by atoms with Crippen LogP contribution in [0.4, 0.5) is 4.39 Å². The molecule has 2 aliphatic rings. The van der Waals surface area contributed by atoms with Gasteiger partial charge in [-0.3, -0.25) is 14.5 Å². The van der Waals surface area contributed by atoms with Gasteiger partial charge in [0, 0.05) is 31.1 Å². The Morgan fingerprint density at radius 2 is 1.97 bits per heavy atom. The zero-order chi connectivity index (χ0) is 25.4. The lowest BCUT2D eigenvalue weighted by Gasteiger charge is -2.43. The first kappa shape index (κ1) is 23.4. The molecule has 35 heavy (non-hydrogen) atoms. The molecule has 1 unspecified atom stereocenters. The highest BCUT2D eigenvalue weighted by Gasteiger charge is 2.57. The summed E-state index contributed by atoms with van der Waals surface area (Å²) < 4.78 is 17.6. The molecule has 2 amide bonds. The fourth-order valence-corrected chi connectivity index (χ4v) is 5.35. The number of hydrogen-bond acceptors (Lipinski definition) is 4. The van der Waals surface area contributed by atoms with E-state index in [2.05, 4.69) is 13.8 Å². The normalized spacial score (nSPS) is 20.1. The molecule has 0 spiro atoms. The molecule has 0 aliphatic carbocycles. The Bertz CT molecular complexity index is 1390. The van der Waals surface area contributed by atoms with Crippen LogP contribution in [0, 0.1) is 12.7 Å². The minimum Gasteiger partial charge on any atom is -0.381 e. The Morgan fingerprint density at radius 1 is 1.26 bits per heavy atom. The van der Waals surface area contributed by atoms with Crippen molar-refractivity contribution < 1.29 is 23.7 Å². The molecular weight excluding hydrogens is 449 g/mol. The average Bonchev–Trinajstić information content (AvgIpc) is 3.27. The molecular formula is C26H31FN5O3+. The van der Waals surface area contributed by atoms with E-state index in [-0.39, 0.29) is 30.1 Å². The molecule has 0 saturated carbocycles. The Balaban J connectivity index is 1.69. The van der Waals surface area contributed by atoms with Crippen molar-refractivity contribution in [3.63, 3.8) is 0 Å². The monoisotopic (exact) mass is 480 g/mol. The van der Waals surface area contributed by atoms with E-state index in [1.54, 1.807) is 39.6 Å². The van der Waals surface area contributed by atoms with Crippen LogP contribution in [0.15, 0.2) is 30.5 Å². The molecule has 1 fully saturated rings. The third-order valence-electron chi connectivity index (χ3n) is 7.18. The number of aliphatic hydroxyl groups is 1. The molecule has 4 heterocycles. The third kappa shape index (κ3) is 3.43. The molecule has 2 aromatic heterocycles. The van der Waals surface area contributed by atoms with E-state index in [4.69, 9.17) is 5.10 Å². The number of halogens is 1. The molecule has 1 N–H and O–H groups in total. The summed E-state index contributed by atoms with van der Waals surface area (Å²) in [6.45, 7) is 11.8. The molecule has 1 atom stereocenters. The minimum atomic E-state index is -1.50. The zero-order valence-corrected chi connectivity index (χ0v) is 21.0. The van der Waals surface area contributed by atoms with Crippen molar-refractivity contribution in [2.24, 2.45) is 0 Å². The SMILES string of the molecule is Cc1cc(-c2cc(C(C)C)c3n(cc4[n+]3C3(C)CN(C(=O)C(C)(C)O)CCN3C4=O)n2)ccc1F. The second-order valence-electron chi connectivity index (χ2n) is 10.7. The van der Waals surface area contributed by atoms with E-state index in [0.717, 1.165) is 16.8 Å². The van der Waals surface area contributed by atoms with Gasteiger partial charge in [0.25, 0.3) is 5.91 Å². The number of fused-ring (bicyclic) bond motifs is 5. The lowest BCUT2D eigenvalue weighted by atomic mass is 10.00. The number of piperazine rings is 1. The van der Waals surface area contributed by atoms with Crippen LogP contribution in [-0.2, 0) is 10.5 Å². The Kier molecular flexibility index (Phi) is 5.07. The van der Waals surface area contributed by atoms with Gasteiger partial charge < -0.3 is 10.0 Å². The van der Waals surface area contributed by atoms with Crippen molar-refractivity contribution in [2.45, 2.75) is 58.7 Å². The molecule has 0 bridgehead atoms. The van der Waals surface area contributed by atoms with Gasteiger partial charge in [-0.1, -0.05) is 23.5 Å². The number of aromatic nitrogens is 3. The van der Waals surface area contributed by atoms with Crippen LogP contribution >= 0.6 is 0 Å². The molecule has 0 radical (unpaired) electrons. The molecule has 184 valence electrons. The molecule has 2 aliphatic heterocycles. The number of hydrogen-bond donors (Lipinski definition) is 1. The van der Waals surface area contributed by atoms with E-state index in [9.17, 15) is 19.1 Å². The summed E-state index contributed by atoms with van der Waals surface area (Å²) in [5, 5.41) is 15.1. The lowest BCUT2D eigenvalue weighted by Crippen LogP contribution is -2.70. The predicted molar refractivity (Wildman–Crippen MR) is 127 cm³/mol. The van der Waals surface area contributed by atoms with Gasteiger partial charge in [-0.15, -0.1) is 0 Å². The van der Waals surface area contributed by atoms with Gasteiger partial charge in [0.05, 0.1) is 6.54 Å². The molecule has 3 aromatic rings. The van der Waals surface area contributed by atoms with Crippen molar-refractivity contribution >= 4 is 17.5 Å². The third-order valence-corrected chi connectivity index (χ3v) is 7.18. The predicted octanol–water partition coefficient (Wildman–Crippen LogP) is 2.60. The van der Waals surface area contributed by atoms with Gasteiger partial charge in [-0.05, 0) is 56.5 Å². The average molecular weight is 481 g/mol. The highest BCUT2D eigenvalue weighted by Crippen LogP contribution is 2.34. The number of aryl methyl sites for hydroxylation is 1. The van der Waals surface area contributed by atoms with Gasteiger partial charge in [0.1, 0.15) is 17.1 Å². The molecule has 5 rings (SSSR count). The highest BCUT2D eigenvalue weighted by atomic mass is 19.1. The second kappa shape index (κ2) is 7.58. The number of amides is 2. The second-order valence-corrected chi connectivity index (χ2v) is 10.7. The maximum absolute atomic E-state index is 13.9. The van der Waals surface area contributed by atoms with Crippen LogP contribution in [0.1, 0.15) is 62.2 Å². The van der Waals surface area contributed by atoms with Gasteiger partial charge >= 0.3 is 11.6 Å². The van der Waals surface area contributed by atoms with E-state index < -0.39 is 11.3 Å². The summed E-state index contributed by atoms with van der Waals surface area (Å²) in [6.07, 6.45) is 1.75.